The van der Waals surface area contributed by atoms with Gasteiger partial charge in [-0.1, -0.05) is 16.4 Å². The van der Waals surface area contributed by atoms with Crippen LogP contribution in [-0.4, -0.2) is 21.1 Å². The smallest absolute Gasteiger partial charge is 0.356 e. The van der Waals surface area contributed by atoms with Gasteiger partial charge in [-0.3, -0.25) is 4.79 Å². The fourth-order valence-electron chi connectivity index (χ4n) is 2.14. The zero-order valence-corrected chi connectivity index (χ0v) is 12.5. The van der Waals surface area contributed by atoms with Gasteiger partial charge in [-0.15, -0.1) is 0 Å². The summed E-state index contributed by atoms with van der Waals surface area (Å²) >= 11 is 0. The van der Waals surface area contributed by atoms with Gasteiger partial charge in [-0.05, 0) is 26.0 Å². The van der Waals surface area contributed by atoms with E-state index in [0.717, 1.165) is 0 Å². The lowest BCUT2D eigenvalue weighted by Crippen LogP contribution is -2.04. The minimum absolute atomic E-state index is 0.227. The molecule has 0 saturated carbocycles. The van der Waals surface area contributed by atoms with Crippen molar-refractivity contribution in [3.63, 3.8) is 0 Å². The fraction of sp³-hybridized carbons (Fsp3) is 0.200. The molecule has 0 saturated heterocycles. The van der Waals surface area contributed by atoms with Crippen LogP contribution in [0.4, 0.5) is 13.2 Å². The summed E-state index contributed by atoms with van der Waals surface area (Å²) < 4.78 is 47.1. The van der Waals surface area contributed by atoms with Crippen molar-refractivity contribution >= 4 is 5.78 Å². The van der Waals surface area contributed by atoms with E-state index in [-0.39, 0.29) is 17.2 Å². The summed E-state index contributed by atoms with van der Waals surface area (Å²) in [5.74, 6) is -1.59. The molecule has 6 nitrogen and oxygen atoms in total. The Kier molecular flexibility index (Phi) is 3.70. The van der Waals surface area contributed by atoms with Gasteiger partial charge in [0.1, 0.15) is 0 Å². The summed E-state index contributed by atoms with van der Waals surface area (Å²) in [6, 6.07) is 5.98. The first-order chi connectivity index (χ1) is 11.3. The minimum atomic E-state index is -4.73. The number of rotatable bonds is 3. The van der Waals surface area contributed by atoms with Gasteiger partial charge in [-0.25, -0.2) is 0 Å². The van der Waals surface area contributed by atoms with Gasteiger partial charge in [0.15, 0.2) is 11.5 Å². The zero-order chi connectivity index (χ0) is 17.5. The third-order valence-electron chi connectivity index (χ3n) is 3.22. The van der Waals surface area contributed by atoms with Crippen LogP contribution in [0.2, 0.25) is 0 Å². The summed E-state index contributed by atoms with van der Waals surface area (Å²) in [4.78, 5) is 15.1. The Bertz CT molecular complexity index is 912. The number of halogens is 3. The first-order valence-electron chi connectivity index (χ1n) is 6.75. The molecule has 0 bridgehead atoms. The molecule has 0 radical (unpaired) electrons. The quantitative estimate of drug-likeness (QED) is 0.674. The second kappa shape index (κ2) is 5.59. The molecular formula is C15H10F3N3O3. The number of Topliss-reactive ketones (excluding diaryl/α,β-unsaturated/α-hetero) is 1. The maximum atomic E-state index is 12.6. The van der Waals surface area contributed by atoms with Crippen molar-refractivity contribution in [1.82, 2.24) is 15.3 Å². The molecular weight excluding hydrogens is 327 g/mol. The van der Waals surface area contributed by atoms with Gasteiger partial charge in [-0.2, -0.15) is 18.2 Å². The number of aryl methyl sites for hydroxylation is 1. The normalized spacial score (nSPS) is 11.7. The average molecular weight is 337 g/mol. The molecule has 3 aromatic rings. The fourth-order valence-corrected chi connectivity index (χ4v) is 2.14. The lowest BCUT2D eigenvalue weighted by atomic mass is 9.99. The molecule has 2 heterocycles. The van der Waals surface area contributed by atoms with Crippen LogP contribution >= 0.6 is 0 Å². The van der Waals surface area contributed by atoms with Crippen LogP contribution in [0, 0.1) is 6.92 Å². The number of aromatic nitrogens is 3. The number of carbonyl (C=O) groups is 1. The van der Waals surface area contributed by atoms with Crippen molar-refractivity contribution in [2.24, 2.45) is 0 Å². The van der Waals surface area contributed by atoms with E-state index in [4.69, 9.17) is 4.52 Å². The molecule has 0 aliphatic heterocycles. The lowest BCUT2D eigenvalue weighted by Gasteiger charge is -2.05. The molecule has 0 unspecified atom stereocenters. The molecule has 2 aromatic heterocycles. The highest BCUT2D eigenvalue weighted by molar-refractivity contribution is 6.01. The average Bonchev–Trinajstić information content (AvgIpc) is 3.15. The Labute approximate surface area is 133 Å². The molecule has 1 aromatic carbocycles. The summed E-state index contributed by atoms with van der Waals surface area (Å²) in [6.45, 7) is 3.08. The first kappa shape index (κ1) is 15.9. The number of carbonyl (C=O) groups excluding carboxylic acids is 1. The Morgan fingerprint density at radius 1 is 1.12 bits per heavy atom. The maximum absolute atomic E-state index is 12.6. The molecule has 0 spiro atoms. The molecule has 0 N–H and O–H groups in total. The van der Waals surface area contributed by atoms with E-state index >= 15 is 0 Å². The first-order valence-corrected chi connectivity index (χ1v) is 6.75. The van der Waals surface area contributed by atoms with Gasteiger partial charge < -0.3 is 9.05 Å². The van der Waals surface area contributed by atoms with E-state index in [1.807, 2.05) is 0 Å². The Morgan fingerprint density at radius 2 is 1.88 bits per heavy atom. The number of nitrogens with zero attached hydrogens (tertiary/aromatic N) is 3. The Morgan fingerprint density at radius 3 is 2.42 bits per heavy atom. The number of alkyl halides is 3. The van der Waals surface area contributed by atoms with Crippen LogP contribution in [-0.2, 0) is 6.18 Å². The highest BCUT2D eigenvalue weighted by Gasteiger charge is 2.38. The lowest BCUT2D eigenvalue weighted by molar-refractivity contribution is -0.159. The predicted molar refractivity (Wildman–Crippen MR) is 75.0 cm³/mol. The standard InChI is InChI=1S/C15H10F3N3O3/c1-7-5-12(23-20-7)11-6-9(3-4-10(11)8(2)22)13-19-14(24-21-13)15(16,17)18/h3-6H,1-2H3. The van der Waals surface area contributed by atoms with E-state index in [1.54, 1.807) is 13.0 Å². The van der Waals surface area contributed by atoms with Gasteiger partial charge in [0, 0.05) is 22.8 Å². The number of benzene rings is 1. The molecule has 0 aliphatic rings. The second-order valence-corrected chi connectivity index (χ2v) is 5.07. The molecule has 24 heavy (non-hydrogen) atoms. The number of ketones is 1. The van der Waals surface area contributed by atoms with Gasteiger partial charge in [0.05, 0.1) is 5.69 Å². The molecule has 0 fully saturated rings. The summed E-state index contributed by atoms with van der Waals surface area (Å²) in [7, 11) is 0. The van der Waals surface area contributed by atoms with Crippen molar-refractivity contribution in [2.45, 2.75) is 20.0 Å². The molecule has 3 rings (SSSR count). The topological polar surface area (TPSA) is 82.0 Å². The van der Waals surface area contributed by atoms with Crippen molar-refractivity contribution in [3.8, 4) is 22.7 Å². The Hall–Kier alpha value is -2.97. The summed E-state index contributed by atoms with van der Waals surface area (Å²) in [5, 5.41) is 7.08. The molecule has 0 amide bonds. The molecule has 9 heteroatoms. The van der Waals surface area contributed by atoms with Crippen molar-refractivity contribution < 1.29 is 27.0 Å². The maximum Gasteiger partial charge on any atom is 0.471 e. The molecule has 0 atom stereocenters. The second-order valence-electron chi connectivity index (χ2n) is 5.07. The van der Waals surface area contributed by atoms with Crippen LogP contribution in [0.5, 0.6) is 0 Å². The zero-order valence-electron chi connectivity index (χ0n) is 12.5. The van der Waals surface area contributed by atoms with E-state index in [0.29, 0.717) is 22.6 Å². The highest BCUT2D eigenvalue weighted by Crippen LogP contribution is 2.32. The molecule has 124 valence electrons. The Balaban J connectivity index is 2.11. The largest absolute Gasteiger partial charge is 0.471 e. The van der Waals surface area contributed by atoms with Gasteiger partial charge >= 0.3 is 12.1 Å². The van der Waals surface area contributed by atoms with E-state index < -0.39 is 12.1 Å². The minimum Gasteiger partial charge on any atom is -0.356 e. The van der Waals surface area contributed by atoms with E-state index in [9.17, 15) is 18.0 Å². The van der Waals surface area contributed by atoms with Crippen molar-refractivity contribution in [2.75, 3.05) is 0 Å². The SMILES string of the molecule is CC(=O)c1ccc(-c2noc(C(F)(F)F)n2)cc1-c1cc(C)no1. The van der Waals surface area contributed by atoms with Crippen molar-refractivity contribution in [1.29, 1.82) is 0 Å². The van der Waals surface area contributed by atoms with Crippen LogP contribution < -0.4 is 0 Å². The van der Waals surface area contributed by atoms with Crippen LogP contribution in [0.1, 0.15) is 28.9 Å². The summed E-state index contributed by atoms with van der Waals surface area (Å²) in [6.07, 6.45) is -4.73. The third-order valence-corrected chi connectivity index (χ3v) is 3.22. The summed E-state index contributed by atoms with van der Waals surface area (Å²) in [5.41, 5.74) is 1.58. The predicted octanol–water partition coefficient (Wildman–Crippen LogP) is 3.92. The van der Waals surface area contributed by atoms with E-state index in [2.05, 4.69) is 19.8 Å². The highest BCUT2D eigenvalue weighted by atomic mass is 19.4. The van der Waals surface area contributed by atoms with Crippen LogP contribution in [0.25, 0.3) is 22.7 Å². The monoisotopic (exact) mass is 337 g/mol. The number of hydrogen-bond donors (Lipinski definition) is 0. The third kappa shape index (κ3) is 2.92. The van der Waals surface area contributed by atoms with Gasteiger partial charge in [0.25, 0.3) is 0 Å². The van der Waals surface area contributed by atoms with E-state index in [1.165, 1.54) is 25.1 Å². The number of hydrogen-bond acceptors (Lipinski definition) is 6. The van der Waals surface area contributed by atoms with Crippen molar-refractivity contribution in [3.05, 3.63) is 41.4 Å². The van der Waals surface area contributed by atoms with Gasteiger partial charge in [0.2, 0.25) is 5.82 Å². The van der Waals surface area contributed by atoms with Crippen LogP contribution in [0.3, 0.4) is 0 Å². The van der Waals surface area contributed by atoms with Crippen LogP contribution in [0.15, 0.2) is 33.3 Å². The molecule has 0 aliphatic carbocycles.